The number of aryl methyl sites for hydroxylation is 1. The van der Waals surface area contributed by atoms with Crippen LogP contribution in [0.25, 0.3) is 0 Å². The molecule has 3 rings (SSSR count). The summed E-state index contributed by atoms with van der Waals surface area (Å²) in [4.78, 5) is 14.7. The van der Waals surface area contributed by atoms with E-state index in [1.54, 1.807) is 0 Å². The van der Waals surface area contributed by atoms with Gasteiger partial charge in [-0.05, 0) is 24.1 Å². The van der Waals surface area contributed by atoms with Gasteiger partial charge in [-0.2, -0.15) is 0 Å². The van der Waals surface area contributed by atoms with E-state index < -0.39 is 0 Å². The minimum absolute atomic E-state index is 0.135. The molecule has 2 aromatic carbocycles. The number of nitrogens with zero attached hydrogens (tertiary/aromatic N) is 1. The standard InChI is InChI=1S/C18H20N2O/c1-14-7-5-6-10-16(14)18(21)20-12-11-19-17(13-20)15-8-3-2-4-9-15/h2-10,17,19H,11-13H2,1H3. The van der Waals surface area contributed by atoms with Crippen LogP contribution < -0.4 is 5.32 Å². The summed E-state index contributed by atoms with van der Waals surface area (Å²) in [6.07, 6.45) is 0. The molecule has 1 fully saturated rings. The third-order valence-corrected chi connectivity index (χ3v) is 4.04. The summed E-state index contributed by atoms with van der Waals surface area (Å²) < 4.78 is 0. The van der Waals surface area contributed by atoms with Crippen molar-refractivity contribution in [3.05, 3.63) is 71.3 Å². The third kappa shape index (κ3) is 2.98. The van der Waals surface area contributed by atoms with Crippen LogP contribution in [-0.2, 0) is 0 Å². The van der Waals surface area contributed by atoms with Gasteiger partial charge in [-0.1, -0.05) is 48.5 Å². The van der Waals surface area contributed by atoms with Crippen molar-refractivity contribution in [3.8, 4) is 0 Å². The fourth-order valence-corrected chi connectivity index (χ4v) is 2.83. The lowest BCUT2D eigenvalue weighted by Gasteiger charge is -2.34. The van der Waals surface area contributed by atoms with Gasteiger partial charge >= 0.3 is 0 Å². The molecular formula is C18H20N2O. The quantitative estimate of drug-likeness (QED) is 0.917. The molecule has 0 radical (unpaired) electrons. The number of rotatable bonds is 2. The van der Waals surface area contributed by atoms with Crippen LogP contribution in [-0.4, -0.2) is 30.4 Å². The Hall–Kier alpha value is -2.13. The molecule has 2 aromatic rings. The first kappa shape index (κ1) is 13.8. The molecule has 1 amide bonds. The maximum absolute atomic E-state index is 12.7. The highest BCUT2D eigenvalue weighted by molar-refractivity contribution is 5.95. The van der Waals surface area contributed by atoms with E-state index in [0.717, 1.165) is 30.8 Å². The van der Waals surface area contributed by atoms with Crippen molar-refractivity contribution < 1.29 is 4.79 Å². The zero-order valence-electron chi connectivity index (χ0n) is 12.3. The predicted molar refractivity (Wildman–Crippen MR) is 84.3 cm³/mol. The van der Waals surface area contributed by atoms with Gasteiger partial charge < -0.3 is 10.2 Å². The Labute approximate surface area is 125 Å². The highest BCUT2D eigenvalue weighted by Crippen LogP contribution is 2.19. The van der Waals surface area contributed by atoms with Crippen molar-refractivity contribution in [1.82, 2.24) is 10.2 Å². The second-order valence-corrected chi connectivity index (χ2v) is 5.48. The number of carbonyl (C=O) groups excluding carboxylic acids is 1. The van der Waals surface area contributed by atoms with Crippen molar-refractivity contribution >= 4 is 5.91 Å². The number of carbonyl (C=O) groups is 1. The van der Waals surface area contributed by atoms with Crippen molar-refractivity contribution in [3.63, 3.8) is 0 Å². The molecule has 0 aromatic heterocycles. The smallest absolute Gasteiger partial charge is 0.254 e. The minimum Gasteiger partial charge on any atom is -0.335 e. The van der Waals surface area contributed by atoms with Crippen molar-refractivity contribution in [2.45, 2.75) is 13.0 Å². The van der Waals surface area contributed by atoms with Gasteiger partial charge in [0.2, 0.25) is 0 Å². The SMILES string of the molecule is Cc1ccccc1C(=O)N1CCNC(c2ccccc2)C1. The molecule has 0 aliphatic carbocycles. The van der Waals surface area contributed by atoms with Gasteiger partial charge in [0, 0.05) is 31.2 Å². The number of piperazine rings is 1. The fourth-order valence-electron chi connectivity index (χ4n) is 2.83. The van der Waals surface area contributed by atoms with E-state index in [2.05, 4.69) is 17.4 Å². The molecule has 1 heterocycles. The monoisotopic (exact) mass is 280 g/mol. The molecule has 3 nitrogen and oxygen atoms in total. The molecule has 21 heavy (non-hydrogen) atoms. The molecule has 1 saturated heterocycles. The van der Waals surface area contributed by atoms with Crippen LogP contribution in [0.2, 0.25) is 0 Å². The minimum atomic E-state index is 0.135. The lowest BCUT2D eigenvalue weighted by atomic mass is 10.0. The summed E-state index contributed by atoms with van der Waals surface area (Å²) in [5.74, 6) is 0.135. The van der Waals surface area contributed by atoms with Gasteiger partial charge in [0.25, 0.3) is 5.91 Å². The number of amides is 1. The van der Waals surface area contributed by atoms with Crippen LogP contribution in [0.4, 0.5) is 0 Å². The van der Waals surface area contributed by atoms with Crippen molar-refractivity contribution in [1.29, 1.82) is 0 Å². The Morgan fingerprint density at radius 3 is 2.57 bits per heavy atom. The molecule has 0 saturated carbocycles. The first-order valence-corrected chi connectivity index (χ1v) is 7.39. The fraction of sp³-hybridized carbons (Fsp3) is 0.278. The van der Waals surface area contributed by atoms with Gasteiger partial charge in [0.05, 0.1) is 0 Å². The summed E-state index contributed by atoms with van der Waals surface area (Å²) in [6, 6.07) is 18.3. The van der Waals surface area contributed by atoms with E-state index in [1.165, 1.54) is 5.56 Å². The van der Waals surface area contributed by atoms with Gasteiger partial charge in [-0.15, -0.1) is 0 Å². The lowest BCUT2D eigenvalue weighted by Crippen LogP contribution is -2.48. The first-order valence-electron chi connectivity index (χ1n) is 7.39. The predicted octanol–water partition coefficient (Wildman–Crippen LogP) is 2.78. The summed E-state index contributed by atoms with van der Waals surface area (Å²) in [5.41, 5.74) is 3.09. The van der Waals surface area contributed by atoms with Gasteiger partial charge in [0.1, 0.15) is 0 Å². The van der Waals surface area contributed by atoms with Crippen LogP contribution in [0.5, 0.6) is 0 Å². The van der Waals surface area contributed by atoms with E-state index in [0.29, 0.717) is 0 Å². The molecule has 0 bridgehead atoms. The van der Waals surface area contributed by atoms with Gasteiger partial charge in [0.15, 0.2) is 0 Å². The lowest BCUT2D eigenvalue weighted by molar-refractivity contribution is 0.0702. The van der Waals surface area contributed by atoms with Gasteiger partial charge in [-0.3, -0.25) is 4.79 Å². The number of nitrogens with one attached hydrogen (secondary N) is 1. The average Bonchev–Trinajstić information content (AvgIpc) is 2.56. The molecule has 1 atom stereocenters. The Morgan fingerprint density at radius 1 is 1.10 bits per heavy atom. The zero-order chi connectivity index (χ0) is 14.7. The molecule has 0 spiro atoms. The van der Waals surface area contributed by atoms with E-state index in [4.69, 9.17) is 0 Å². The zero-order valence-corrected chi connectivity index (χ0v) is 12.3. The second-order valence-electron chi connectivity index (χ2n) is 5.48. The topological polar surface area (TPSA) is 32.3 Å². The van der Waals surface area contributed by atoms with Crippen LogP contribution in [0.15, 0.2) is 54.6 Å². The van der Waals surface area contributed by atoms with Crippen molar-refractivity contribution in [2.75, 3.05) is 19.6 Å². The molecule has 3 heteroatoms. The first-order chi connectivity index (χ1) is 10.3. The maximum Gasteiger partial charge on any atom is 0.254 e. The third-order valence-electron chi connectivity index (χ3n) is 4.04. The van der Waals surface area contributed by atoms with E-state index >= 15 is 0 Å². The molecule has 1 unspecified atom stereocenters. The molecular weight excluding hydrogens is 260 g/mol. The Morgan fingerprint density at radius 2 is 1.81 bits per heavy atom. The summed E-state index contributed by atoms with van der Waals surface area (Å²) >= 11 is 0. The highest BCUT2D eigenvalue weighted by Gasteiger charge is 2.25. The van der Waals surface area contributed by atoms with Crippen LogP contribution in [0.3, 0.4) is 0 Å². The number of benzene rings is 2. The molecule has 1 N–H and O–H groups in total. The normalized spacial score (nSPS) is 18.5. The van der Waals surface area contributed by atoms with Crippen LogP contribution in [0.1, 0.15) is 27.5 Å². The van der Waals surface area contributed by atoms with Crippen LogP contribution >= 0.6 is 0 Å². The van der Waals surface area contributed by atoms with Crippen LogP contribution in [0, 0.1) is 6.92 Å². The highest BCUT2D eigenvalue weighted by atomic mass is 16.2. The summed E-state index contributed by atoms with van der Waals surface area (Å²) in [7, 11) is 0. The maximum atomic E-state index is 12.7. The van der Waals surface area contributed by atoms with E-state index in [1.807, 2.05) is 54.3 Å². The molecule has 1 aliphatic heterocycles. The van der Waals surface area contributed by atoms with Crippen molar-refractivity contribution in [2.24, 2.45) is 0 Å². The Bertz CT molecular complexity index is 624. The number of hydrogen-bond donors (Lipinski definition) is 1. The molecule has 1 aliphatic rings. The summed E-state index contributed by atoms with van der Waals surface area (Å²) in [5, 5.41) is 3.49. The Kier molecular flexibility index (Phi) is 4.02. The summed E-state index contributed by atoms with van der Waals surface area (Å²) in [6.45, 7) is 4.30. The van der Waals surface area contributed by atoms with E-state index in [9.17, 15) is 4.79 Å². The second kappa shape index (κ2) is 6.10. The molecule has 108 valence electrons. The number of hydrogen-bond acceptors (Lipinski definition) is 2. The largest absolute Gasteiger partial charge is 0.335 e. The Balaban J connectivity index is 1.77. The van der Waals surface area contributed by atoms with E-state index in [-0.39, 0.29) is 11.9 Å². The van der Waals surface area contributed by atoms with Gasteiger partial charge in [-0.25, -0.2) is 0 Å². The average molecular weight is 280 g/mol.